The minimum Gasteiger partial charge on any atom is -0.271 e. The third-order valence-corrected chi connectivity index (χ3v) is 4.31. The van der Waals surface area contributed by atoms with Gasteiger partial charge in [0.25, 0.3) is 0 Å². The van der Waals surface area contributed by atoms with Crippen molar-refractivity contribution in [2.45, 2.75) is 12.5 Å². The van der Waals surface area contributed by atoms with Crippen molar-refractivity contribution in [2.75, 3.05) is 0 Å². The second-order valence-electron chi connectivity index (χ2n) is 4.37. The molecule has 2 aromatic rings. The Bertz CT molecular complexity index is 602. The first-order valence-electron chi connectivity index (χ1n) is 5.85. The van der Waals surface area contributed by atoms with Gasteiger partial charge in [0.1, 0.15) is 5.82 Å². The van der Waals surface area contributed by atoms with Crippen molar-refractivity contribution in [2.24, 2.45) is 5.84 Å². The van der Waals surface area contributed by atoms with E-state index in [4.69, 9.17) is 17.4 Å². The van der Waals surface area contributed by atoms with Gasteiger partial charge >= 0.3 is 0 Å². The molecule has 1 atom stereocenters. The summed E-state index contributed by atoms with van der Waals surface area (Å²) in [6, 6.07) is 10.1. The lowest BCUT2D eigenvalue weighted by Gasteiger charge is -2.18. The Balaban J connectivity index is 2.31. The van der Waals surface area contributed by atoms with E-state index in [2.05, 4.69) is 37.3 Å². The topological polar surface area (TPSA) is 38.0 Å². The molecule has 0 radical (unpaired) electrons. The molecule has 0 amide bonds. The van der Waals surface area contributed by atoms with Crippen LogP contribution in [0.4, 0.5) is 4.39 Å². The maximum Gasteiger partial charge on any atom is 0.124 e. The number of rotatable bonds is 4. The van der Waals surface area contributed by atoms with Crippen molar-refractivity contribution >= 4 is 43.5 Å². The Morgan fingerprint density at radius 1 is 1.20 bits per heavy atom. The zero-order valence-corrected chi connectivity index (χ0v) is 14.3. The van der Waals surface area contributed by atoms with Crippen LogP contribution in [0.25, 0.3) is 0 Å². The van der Waals surface area contributed by atoms with Gasteiger partial charge in [-0.2, -0.15) is 0 Å². The molecule has 106 valence electrons. The highest BCUT2D eigenvalue weighted by Crippen LogP contribution is 2.29. The molecule has 0 saturated carbocycles. The van der Waals surface area contributed by atoms with E-state index in [1.165, 1.54) is 12.1 Å². The lowest BCUT2D eigenvalue weighted by molar-refractivity contribution is 0.546. The third-order valence-electron chi connectivity index (χ3n) is 2.90. The molecule has 2 aromatic carbocycles. The van der Waals surface area contributed by atoms with Crippen LogP contribution in [0.5, 0.6) is 0 Å². The number of benzene rings is 2. The number of hydrogen-bond acceptors (Lipinski definition) is 2. The average Bonchev–Trinajstić information content (AvgIpc) is 2.38. The van der Waals surface area contributed by atoms with Crippen LogP contribution in [-0.4, -0.2) is 0 Å². The maximum absolute atomic E-state index is 13.4. The Morgan fingerprint density at radius 3 is 2.60 bits per heavy atom. The van der Waals surface area contributed by atoms with Crippen LogP contribution in [0.1, 0.15) is 17.2 Å². The molecule has 1 unspecified atom stereocenters. The highest BCUT2D eigenvalue weighted by molar-refractivity contribution is 9.10. The molecule has 0 aliphatic heterocycles. The van der Waals surface area contributed by atoms with Crippen LogP contribution in [0.15, 0.2) is 45.3 Å². The van der Waals surface area contributed by atoms with Gasteiger partial charge in [0.15, 0.2) is 0 Å². The second kappa shape index (κ2) is 7.00. The van der Waals surface area contributed by atoms with E-state index >= 15 is 0 Å². The molecule has 0 aliphatic carbocycles. The van der Waals surface area contributed by atoms with Crippen molar-refractivity contribution in [3.8, 4) is 0 Å². The van der Waals surface area contributed by atoms with Gasteiger partial charge in [-0.05, 0) is 53.9 Å². The summed E-state index contributed by atoms with van der Waals surface area (Å²) in [4.78, 5) is 0. The molecule has 0 aliphatic rings. The van der Waals surface area contributed by atoms with E-state index in [0.717, 1.165) is 15.6 Å². The number of hydrogen-bond donors (Lipinski definition) is 2. The largest absolute Gasteiger partial charge is 0.271 e. The smallest absolute Gasteiger partial charge is 0.124 e. The summed E-state index contributed by atoms with van der Waals surface area (Å²) >= 11 is 12.8. The standard InChI is InChI=1S/C14H12Br2ClFN2/c15-9-3-8(4-11(18)6-9)5-14(20-19)12-7-10(17)1-2-13(12)16/h1-4,6-7,14,20H,5,19H2. The second-order valence-corrected chi connectivity index (χ2v) is 6.57. The Labute approximate surface area is 138 Å². The molecule has 20 heavy (non-hydrogen) atoms. The van der Waals surface area contributed by atoms with E-state index in [1.807, 2.05) is 18.2 Å². The monoisotopic (exact) mass is 420 g/mol. The normalized spacial score (nSPS) is 12.4. The highest BCUT2D eigenvalue weighted by Gasteiger charge is 2.15. The van der Waals surface area contributed by atoms with Gasteiger partial charge in [0.2, 0.25) is 0 Å². The molecule has 2 nitrogen and oxygen atoms in total. The molecule has 6 heteroatoms. The summed E-state index contributed by atoms with van der Waals surface area (Å²) in [5, 5.41) is 0.629. The fourth-order valence-corrected chi connectivity index (χ4v) is 3.22. The zero-order chi connectivity index (χ0) is 14.7. The summed E-state index contributed by atoms with van der Waals surface area (Å²) in [6.45, 7) is 0. The fourth-order valence-electron chi connectivity index (χ4n) is 2.00. The minimum absolute atomic E-state index is 0.170. The van der Waals surface area contributed by atoms with Crippen molar-refractivity contribution in [1.29, 1.82) is 0 Å². The van der Waals surface area contributed by atoms with Crippen molar-refractivity contribution in [3.05, 3.63) is 67.3 Å². The summed E-state index contributed by atoms with van der Waals surface area (Å²) in [7, 11) is 0. The molecular formula is C14H12Br2ClFN2. The van der Waals surface area contributed by atoms with Gasteiger partial charge in [0.05, 0.1) is 6.04 Å². The van der Waals surface area contributed by atoms with E-state index in [0.29, 0.717) is 15.9 Å². The van der Waals surface area contributed by atoms with Gasteiger partial charge < -0.3 is 0 Å². The van der Waals surface area contributed by atoms with Crippen molar-refractivity contribution in [1.82, 2.24) is 5.43 Å². The first-order valence-corrected chi connectivity index (χ1v) is 7.82. The Hall–Kier alpha value is -0.460. The van der Waals surface area contributed by atoms with Gasteiger partial charge in [-0.15, -0.1) is 0 Å². The predicted octanol–water partition coefficient (Wildman–Crippen LogP) is 4.75. The van der Waals surface area contributed by atoms with Crippen molar-refractivity contribution < 1.29 is 4.39 Å². The molecule has 2 rings (SSSR count). The number of hydrazine groups is 1. The summed E-state index contributed by atoms with van der Waals surface area (Å²) in [6.07, 6.45) is 0.547. The third kappa shape index (κ3) is 4.02. The van der Waals surface area contributed by atoms with Crippen LogP contribution >= 0.6 is 43.5 Å². The van der Waals surface area contributed by atoms with Gasteiger partial charge in [-0.25, -0.2) is 4.39 Å². The molecular weight excluding hydrogens is 410 g/mol. The van der Waals surface area contributed by atoms with Gasteiger partial charge in [0, 0.05) is 14.0 Å². The van der Waals surface area contributed by atoms with Gasteiger partial charge in [-0.1, -0.05) is 43.5 Å². The van der Waals surface area contributed by atoms with Crippen LogP contribution in [0, 0.1) is 5.82 Å². The molecule has 0 fully saturated rings. The van der Waals surface area contributed by atoms with Crippen LogP contribution in [0.2, 0.25) is 5.02 Å². The van der Waals surface area contributed by atoms with E-state index in [1.54, 1.807) is 6.07 Å². The Kier molecular flexibility index (Phi) is 5.57. The number of nitrogens with one attached hydrogen (secondary N) is 1. The van der Waals surface area contributed by atoms with E-state index in [-0.39, 0.29) is 11.9 Å². The number of nitrogens with two attached hydrogens (primary N) is 1. The maximum atomic E-state index is 13.4. The van der Waals surface area contributed by atoms with Crippen molar-refractivity contribution in [3.63, 3.8) is 0 Å². The Morgan fingerprint density at radius 2 is 1.95 bits per heavy atom. The number of halogens is 4. The predicted molar refractivity (Wildman–Crippen MR) is 87.0 cm³/mol. The average molecular weight is 423 g/mol. The molecule has 0 bridgehead atoms. The lowest BCUT2D eigenvalue weighted by atomic mass is 9.99. The van der Waals surface area contributed by atoms with Crippen LogP contribution in [-0.2, 0) is 6.42 Å². The first-order chi connectivity index (χ1) is 9.49. The minimum atomic E-state index is -0.282. The SMILES string of the molecule is NNC(Cc1cc(F)cc(Br)c1)c1cc(Cl)ccc1Br. The van der Waals surface area contributed by atoms with E-state index in [9.17, 15) is 4.39 Å². The molecule has 0 spiro atoms. The summed E-state index contributed by atoms with van der Waals surface area (Å²) in [5.41, 5.74) is 4.52. The molecule has 0 aromatic heterocycles. The quantitative estimate of drug-likeness (QED) is 0.551. The molecule has 0 heterocycles. The van der Waals surface area contributed by atoms with Gasteiger partial charge in [-0.3, -0.25) is 11.3 Å². The lowest BCUT2D eigenvalue weighted by Crippen LogP contribution is -2.29. The van der Waals surface area contributed by atoms with Crippen LogP contribution in [0.3, 0.4) is 0 Å². The molecule has 3 N–H and O–H groups in total. The zero-order valence-electron chi connectivity index (χ0n) is 10.3. The highest BCUT2D eigenvalue weighted by atomic mass is 79.9. The van der Waals surface area contributed by atoms with Crippen LogP contribution < -0.4 is 11.3 Å². The summed E-state index contributed by atoms with van der Waals surface area (Å²) < 4.78 is 15.0. The summed E-state index contributed by atoms with van der Waals surface area (Å²) in [5.74, 6) is 5.35. The first kappa shape index (κ1) is 15.9. The molecule has 0 saturated heterocycles. The van der Waals surface area contributed by atoms with E-state index < -0.39 is 0 Å². The fraction of sp³-hybridized carbons (Fsp3) is 0.143.